The second-order valence-corrected chi connectivity index (χ2v) is 11.8. The number of unbranched alkanes of at least 4 members (excludes halogenated alkanes) is 1. The molecule has 3 amide bonds. The molecule has 0 spiro atoms. The number of aliphatic carboxylic acids is 1. The third kappa shape index (κ3) is 7.62. The zero-order chi connectivity index (χ0) is 29.5. The highest BCUT2D eigenvalue weighted by atomic mass is 16.7. The highest BCUT2D eigenvalue weighted by Crippen LogP contribution is 2.42. The molecule has 0 aliphatic carbocycles. The Kier molecular flexibility index (Phi) is 10.7. The molecular weight excluding hydrogens is 526 g/mol. The number of carbonyl (C=O) groups is 3. The lowest BCUT2D eigenvalue weighted by Crippen LogP contribution is -2.50. The average molecular weight is 574 g/mol. The van der Waals surface area contributed by atoms with Gasteiger partial charge in [0.15, 0.2) is 11.5 Å². The molecule has 1 aromatic carbocycles. The number of nitrogens with zero attached hydrogens (tertiary/aromatic N) is 5. The molecule has 0 saturated carbocycles. The van der Waals surface area contributed by atoms with Gasteiger partial charge in [0.1, 0.15) is 0 Å². The number of fused-ring (bicyclic) bond motifs is 1. The second kappa shape index (κ2) is 14.2. The third-order valence-electron chi connectivity index (χ3n) is 8.58. The van der Waals surface area contributed by atoms with Crippen molar-refractivity contribution in [2.45, 2.75) is 51.0 Å². The standard InChI is InChI=1S/C30H47N5O6/c1-5-6-14-33(15-7-12-31(2)3)27(36)20-35-19-23(22-9-10-25-26(18-22)41-21-40-25)28(29(37)38)24(35)11-17-34-16-8-13-32(4)30(34)39/h9-10,18,23-24,28H,5-8,11-17,19-21H2,1-4H3,(H,37,38)/t23-,24+,28?/m1/s1. The fourth-order valence-electron chi connectivity index (χ4n) is 6.32. The lowest BCUT2D eigenvalue weighted by Gasteiger charge is -2.35. The van der Waals surface area contributed by atoms with E-state index >= 15 is 0 Å². The minimum atomic E-state index is -0.886. The van der Waals surface area contributed by atoms with Crippen LogP contribution in [0, 0.1) is 5.92 Å². The minimum absolute atomic E-state index is 0.0253. The Morgan fingerprint density at radius 3 is 2.56 bits per heavy atom. The van der Waals surface area contributed by atoms with Crippen molar-refractivity contribution in [2.24, 2.45) is 5.92 Å². The molecule has 0 bridgehead atoms. The Balaban J connectivity index is 1.56. The Bertz CT molecular complexity index is 1070. The number of carboxylic acid groups (broad SMARTS) is 1. The molecule has 41 heavy (non-hydrogen) atoms. The molecule has 0 aromatic heterocycles. The summed E-state index contributed by atoms with van der Waals surface area (Å²) >= 11 is 0. The van der Waals surface area contributed by atoms with Crippen LogP contribution in [0.5, 0.6) is 11.5 Å². The molecule has 1 N–H and O–H groups in total. The van der Waals surface area contributed by atoms with Gasteiger partial charge in [-0.15, -0.1) is 0 Å². The van der Waals surface area contributed by atoms with Crippen LogP contribution in [-0.2, 0) is 9.59 Å². The van der Waals surface area contributed by atoms with E-state index in [1.54, 1.807) is 11.9 Å². The number of rotatable bonds is 14. The van der Waals surface area contributed by atoms with Gasteiger partial charge in [-0.2, -0.15) is 0 Å². The van der Waals surface area contributed by atoms with Crippen molar-refractivity contribution in [3.05, 3.63) is 23.8 Å². The molecule has 1 unspecified atom stereocenters. The van der Waals surface area contributed by atoms with Gasteiger partial charge < -0.3 is 34.2 Å². The van der Waals surface area contributed by atoms with Crippen molar-refractivity contribution in [1.82, 2.24) is 24.5 Å². The smallest absolute Gasteiger partial charge is 0.319 e. The first kappa shape index (κ1) is 30.9. The highest BCUT2D eigenvalue weighted by molar-refractivity contribution is 5.79. The summed E-state index contributed by atoms with van der Waals surface area (Å²) in [4.78, 5) is 49.0. The number of likely N-dealkylation sites (tertiary alicyclic amines) is 1. The Morgan fingerprint density at radius 2 is 1.83 bits per heavy atom. The van der Waals surface area contributed by atoms with Crippen LogP contribution in [0.3, 0.4) is 0 Å². The first-order chi connectivity index (χ1) is 19.7. The van der Waals surface area contributed by atoms with Crippen molar-refractivity contribution in [2.75, 3.05) is 80.3 Å². The fraction of sp³-hybridized carbons (Fsp3) is 0.700. The highest BCUT2D eigenvalue weighted by Gasteiger charge is 2.47. The molecule has 3 atom stereocenters. The van der Waals surface area contributed by atoms with Gasteiger partial charge in [-0.1, -0.05) is 19.4 Å². The number of hydrogen-bond acceptors (Lipinski definition) is 7. The van der Waals surface area contributed by atoms with Gasteiger partial charge in [0.05, 0.1) is 12.5 Å². The lowest BCUT2D eigenvalue weighted by atomic mass is 9.84. The van der Waals surface area contributed by atoms with Crippen LogP contribution in [0.2, 0.25) is 0 Å². The summed E-state index contributed by atoms with van der Waals surface area (Å²) < 4.78 is 11.1. The zero-order valence-corrected chi connectivity index (χ0v) is 25.1. The molecule has 2 fully saturated rings. The van der Waals surface area contributed by atoms with Crippen LogP contribution in [0.4, 0.5) is 4.79 Å². The molecule has 4 rings (SSSR count). The minimum Gasteiger partial charge on any atom is -0.481 e. The quantitative estimate of drug-likeness (QED) is 0.362. The van der Waals surface area contributed by atoms with E-state index < -0.39 is 11.9 Å². The van der Waals surface area contributed by atoms with Crippen LogP contribution in [0.15, 0.2) is 18.2 Å². The summed E-state index contributed by atoms with van der Waals surface area (Å²) in [5, 5.41) is 10.5. The van der Waals surface area contributed by atoms with Gasteiger partial charge in [-0.3, -0.25) is 14.5 Å². The topological polar surface area (TPSA) is 106 Å². The average Bonchev–Trinajstić information content (AvgIpc) is 3.55. The van der Waals surface area contributed by atoms with E-state index in [0.29, 0.717) is 50.6 Å². The summed E-state index contributed by atoms with van der Waals surface area (Å²) in [6.45, 7) is 6.99. The predicted octanol–water partition coefficient (Wildman–Crippen LogP) is 2.61. The van der Waals surface area contributed by atoms with E-state index in [0.717, 1.165) is 44.3 Å². The van der Waals surface area contributed by atoms with E-state index in [2.05, 4.69) is 16.7 Å². The first-order valence-corrected chi connectivity index (χ1v) is 15.0. The molecule has 3 heterocycles. The maximum absolute atomic E-state index is 13.7. The number of urea groups is 1. The number of carbonyl (C=O) groups excluding carboxylic acids is 2. The van der Waals surface area contributed by atoms with E-state index in [1.807, 2.05) is 42.1 Å². The molecule has 11 nitrogen and oxygen atoms in total. The van der Waals surface area contributed by atoms with Crippen molar-refractivity contribution in [3.63, 3.8) is 0 Å². The van der Waals surface area contributed by atoms with Crippen molar-refractivity contribution in [1.29, 1.82) is 0 Å². The van der Waals surface area contributed by atoms with E-state index in [4.69, 9.17) is 9.47 Å². The Hall–Kier alpha value is -3.05. The lowest BCUT2D eigenvalue weighted by molar-refractivity contribution is -0.144. The molecule has 1 aromatic rings. The van der Waals surface area contributed by atoms with Gasteiger partial charge >= 0.3 is 12.0 Å². The zero-order valence-electron chi connectivity index (χ0n) is 25.1. The molecule has 3 aliphatic rings. The van der Waals surface area contributed by atoms with Crippen molar-refractivity contribution >= 4 is 17.9 Å². The third-order valence-corrected chi connectivity index (χ3v) is 8.58. The summed E-state index contributed by atoms with van der Waals surface area (Å²) in [7, 11) is 5.85. The van der Waals surface area contributed by atoms with Gasteiger partial charge in [-0.05, 0) is 64.0 Å². The van der Waals surface area contributed by atoms with Gasteiger partial charge in [0.2, 0.25) is 12.7 Å². The van der Waals surface area contributed by atoms with E-state index in [9.17, 15) is 19.5 Å². The number of benzene rings is 1. The number of amides is 3. The predicted molar refractivity (Wildman–Crippen MR) is 155 cm³/mol. The van der Waals surface area contributed by atoms with E-state index in [1.165, 1.54) is 0 Å². The summed E-state index contributed by atoms with van der Waals surface area (Å²) in [6.07, 6.45) is 4.18. The normalized spacial score (nSPS) is 22.6. The summed E-state index contributed by atoms with van der Waals surface area (Å²) in [5.41, 5.74) is 0.865. The molecular formula is C30H47N5O6. The number of carboxylic acids is 1. The van der Waals surface area contributed by atoms with Crippen LogP contribution in [0.1, 0.15) is 50.5 Å². The van der Waals surface area contributed by atoms with Crippen LogP contribution in [0.25, 0.3) is 0 Å². The SMILES string of the molecule is CCCCN(CCCN(C)C)C(=O)CN1C[C@H](c2ccc3c(c2)OCO3)C(C(=O)O)[C@@H]1CCN1CCCN(C)C1=O. The van der Waals surface area contributed by atoms with Crippen LogP contribution >= 0.6 is 0 Å². The molecule has 0 radical (unpaired) electrons. The Morgan fingerprint density at radius 1 is 1.07 bits per heavy atom. The van der Waals surface area contributed by atoms with Gasteiger partial charge in [0, 0.05) is 58.3 Å². The molecule has 2 saturated heterocycles. The van der Waals surface area contributed by atoms with Crippen LogP contribution in [-0.4, -0.2) is 134 Å². The maximum Gasteiger partial charge on any atom is 0.319 e. The second-order valence-electron chi connectivity index (χ2n) is 11.8. The largest absolute Gasteiger partial charge is 0.481 e. The monoisotopic (exact) mass is 573 g/mol. The summed E-state index contributed by atoms with van der Waals surface area (Å²) in [5.74, 6) is -0.628. The summed E-state index contributed by atoms with van der Waals surface area (Å²) in [6, 6.07) is 5.21. The maximum atomic E-state index is 13.7. The molecule has 11 heteroatoms. The van der Waals surface area contributed by atoms with Crippen molar-refractivity contribution in [3.8, 4) is 11.5 Å². The van der Waals surface area contributed by atoms with Gasteiger partial charge in [-0.25, -0.2) is 4.79 Å². The first-order valence-electron chi connectivity index (χ1n) is 15.0. The fourth-order valence-corrected chi connectivity index (χ4v) is 6.32. The Labute approximate surface area is 243 Å². The van der Waals surface area contributed by atoms with Gasteiger partial charge in [0.25, 0.3) is 0 Å². The molecule has 3 aliphatic heterocycles. The number of ether oxygens (including phenoxy) is 2. The molecule has 228 valence electrons. The van der Waals surface area contributed by atoms with E-state index in [-0.39, 0.29) is 37.2 Å². The van der Waals surface area contributed by atoms with Crippen molar-refractivity contribution < 1.29 is 29.0 Å². The number of hydrogen-bond donors (Lipinski definition) is 1. The van der Waals surface area contributed by atoms with Crippen LogP contribution < -0.4 is 9.47 Å².